The van der Waals surface area contributed by atoms with E-state index < -0.39 is 0 Å². The summed E-state index contributed by atoms with van der Waals surface area (Å²) in [6.45, 7) is 0. The van der Waals surface area contributed by atoms with Crippen LogP contribution in [0.3, 0.4) is 0 Å². The van der Waals surface area contributed by atoms with Crippen LogP contribution in [0.15, 0.2) is 42.5 Å². The van der Waals surface area contributed by atoms with E-state index in [2.05, 4.69) is 15.9 Å². The van der Waals surface area contributed by atoms with Crippen LogP contribution in [0.1, 0.15) is 16.0 Å². The molecule has 0 aliphatic rings. The van der Waals surface area contributed by atoms with Crippen LogP contribution in [0.4, 0.5) is 4.39 Å². The Morgan fingerprint density at radius 3 is 2.74 bits per heavy atom. The Morgan fingerprint density at radius 2 is 2.00 bits per heavy atom. The van der Waals surface area contributed by atoms with E-state index in [0.717, 1.165) is 11.3 Å². The normalized spacial score (nSPS) is 12.2. The number of benzene rings is 2. The molecule has 0 amide bonds. The number of rotatable bonds is 4. The van der Waals surface area contributed by atoms with Gasteiger partial charge in [-0.1, -0.05) is 45.7 Å². The molecule has 0 N–H and O–H groups in total. The number of ether oxygens (including phenoxy) is 1. The average Bonchev–Trinajstić information content (AvgIpc) is 2.42. The number of para-hydroxylation sites is 1. The molecular weight excluding hydrogens is 331 g/mol. The van der Waals surface area contributed by atoms with Crippen LogP contribution >= 0.6 is 27.5 Å². The van der Waals surface area contributed by atoms with E-state index in [1.807, 2.05) is 24.3 Å². The molecule has 0 radical (unpaired) electrons. The van der Waals surface area contributed by atoms with Crippen LogP contribution in [-0.2, 0) is 6.42 Å². The summed E-state index contributed by atoms with van der Waals surface area (Å²) in [5.74, 6) is 0.538. The Bertz CT molecular complexity index is 574. The molecule has 0 saturated heterocycles. The Hall–Kier alpha value is -1.06. The van der Waals surface area contributed by atoms with Crippen molar-refractivity contribution in [1.29, 1.82) is 0 Å². The highest BCUT2D eigenvalue weighted by molar-refractivity contribution is 9.09. The first-order valence-electron chi connectivity index (χ1n) is 5.82. The summed E-state index contributed by atoms with van der Waals surface area (Å²) < 4.78 is 19.1. The van der Waals surface area contributed by atoms with E-state index in [1.54, 1.807) is 19.2 Å². The maximum absolute atomic E-state index is 13.8. The summed E-state index contributed by atoms with van der Waals surface area (Å²) in [7, 11) is 1.63. The van der Waals surface area contributed by atoms with E-state index >= 15 is 0 Å². The predicted molar refractivity (Wildman–Crippen MR) is 79.8 cm³/mol. The van der Waals surface area contributed by atoms with Gasteiger partial charge in [-0.25, -0.2) is 4.39 Å². The molecule has 1 atom stereocenters. The quantitative estimate of drug-likeness (QED) is 0.696. The SMILES string of the molecule is COc1ccccc1CC(Br)c1cc(Cl)ccc1F. The molecule has 0 bridgehead atoms. The molecule has 2 rings (SSSR count). The average molecular weight is 344 g/mol. The maximum Gasteiger partial charge on any atom is 0.127 e. The van der Waals surface area contributed by atoms with E-state index in [1.165, 1.54) is 6.07 Å². The lowest BCUT2D eigenvalue weighted by Gasteiger charge is -2.14. The molecule has 0 heterocycles. The van der Waals surface area contributed by atoms with Gasteiger partial charge in [0.15, 0.2) is 0 Å². The van der Waals surface area contributed by atoms with Gasteiger partial charge >= 0.3 is 0 Å². The fourth-order valence-corrected chi connectivity index (χ4v) is 2.81. The van der Waals surface area contributed by atoms with Gasteiger partial charge in [-0.2, -0.15) is 0 Å². The Kier molecular flexibility index (Phi) is 4.83. The highest BCUT2D eigenvalue weighted by atomic mass is 79.9. The first kappa shape index (κ1) is 14.4. The van der Waals surface area contributed by atoms with Crippen molar-refractivity contribution >= 4 is 27.5 Å². The van der Waals surface area contributed by atoms with Crippen LogP contribution in [0.25, 0.3) is 0 Å². The molecule has 4 heteroatoms. The van der Waals surface area contributed by atoms with Crippen molar-refractivity contribution < 1.29 is 9.13 Å². The molecule has 19 heavy (non-hydrogen) atoms. The summed E-state index contributed by atoms with van der Waals surface area (Å²) in [5.41, 5.74) is 1.57. The number of alkyl halides is 1. The summed E-state index contributed by atoms with van der Waals surface area (Å²) >= 11 is 9.43. The fraction of sp³-hybridized carbons (Fsp3) is 0.200. The van der Waals surface area contributed by atoms with Gasteiger partial charge in [0.25, 0.3) is 0 Å². The second-order valence-corrected chi connectivity index (χ2v) is 5.69. The van der Waals surface area contributed by atoms with Crippen molar-refractivity contribution in [3.8, 4) is 5.75 Å². The lowest BCUT2D eigenvalue weighted by Crippen LogP contribution is -2.00. The topological polar surface area (TPSA) is 9.23 Å². The Morgan fingerprint density at radius 1 is 1.26 bits per heavy atom. The zero-order valence-electron chi connectivity index (χ0n) is 10.4. The van der Waals surface area contributed by atoms with Gasteiger partial charge < -0.3 is 4.74 Å². The van der Waals surface area contributed by atoms with Crippen molar-refractivity contribution in [2.75, 3.05) is 7.11 Å². The predicted octanol–water partition coefficient (Wildman–Crippen LogP) is 5.17. The lowest BCUT2D eigenvalue weighted by molar-refractivity contribution is 0.409. The minimum Gasteiger partial charge on any atom is -0.496 e. The van der Waals surface area contributed by atoms with Crippen LogP contribution in [0.2, 0.25) is 5.02 Å². The number of methoxy groups -OCH3 is 1. The van der Waals surface area contributed by atoms with Crippen LogP contribution in [0.5, 0.6) is 5.75 Å². The summed E-state index contributed by atoms with van der Waals surface area (Å²) in [6, 6.07) is 12.3. The molecular formula is C15H13BrClFO. The third kappa shape index (κ3) is 3.48. The van der Waals surface area contributed by atoms with Gasteiger partial charge in [0.2, 0.25) is 0 Å². The number of hydrogen-bond donors (Lipinski definition) is 0. The third-order valence-corrected chi connectivity index (χ3v) is 3.94. The van der Waals surface area contributed by atoms with E-state index in [9.17, 15) is 4.39 Å². The zero-order chi connectivity index (χ0) is 13.8. The zero-order valence-corrected chi connectivity index (χ0v) is 12.7. The van der Waals surface area contributed by atoms with Gasteiger partial charge in [-0.3, -0.25) is 0 Å². The Labute approximate surface area is 125 Å². The summed E-state index contributed by atoms with van der Waals surface area (Å²) in [6.07, 6.45) is 0.626. The van der Waals surface area contributed by atoms with Gasteiger partial charge in [0, 0.05) is 15.4 Å². The molecule has 1 unspecified atom stereocenters. The van der Waals surface area contributed by atoms with Crippen molar-refractivity contribution in [3.05, 3.63) is 64.4 Å². The van der Waals surface area contributed by atoms with E-state index in [4.69, 9.17) is 16.3 Å². The molecule has 2 aromatic carbocycles. The van der Waals surface area contributed by atoms with E-state index in [-0.39, 0.29) is 10.6 Å². The first-order valence-corrected chi connectivity index (χ1v) is 7.12. The first-order chi connectivity index (χ1) is 9.11. The van der Waals surface area contributed by atoms with Gasteiger partial charge in [-0.15, -0.1) is 0 Å². The second kappa shape index (κ2) is 6.40. The summed E-state index contributed by atoms with van der Waals surface area (Å²) in [4.78, 5) is -0.150. The number of halogens is 3. The molecule has 1 nitrogen and oxygen atoms in total. The van der Waals surface area contributed by atoms with Crippen molar-refractivity contribution in [1.82, 2.24) is 0 Å². The number of hydrogen-bond acceptors (Lipinski definition) is 1. The molecule has 0 saturated carbocycles. The van der Waals surface area contributed by atoms with Crippen LogP contribution < -0.4 is 4.74 Å². The minimum atomic E-state index is -0.263. The van der Waals surface area contributed by atoms with Gasteiger partial charge in [-0.05, 0) is 36.2 Å². The van der Waals surface area contributed by atoms with Gasteiger partial charge in [0.1, 0.15) is 11.6 Å². The largest absolute Gasteiger partial charge is 0.496 e. The molecule has 0 aliphatic carbocycles. The Balaban J connectivity index is 2.25. The van der Waals surface area contributed by atoms with Crippen LogP contribution in [-0.4, -0.2) is 7.11 Å². The fourth-order valence-electron chi connectivity index (χ4n) is 1.93. The van der Waals surface area contributed by atoms with Crippen molar-refractivity contribution in [2.24, 2.45) is 0 Å². The minimum absolute atomic E-state index is 0.150. The lowest BCUT2D eigenvalue weighted by atomic mass is 10.0. The second-order valence-electron chi connectivity index (χ2n) is 4.15. The highest BCUT2D eigenvalue weighted by Crippen LogP contribution is 2.33. The van der Waals surface area contributed by atoms with Crippen LogP contribution in [0, 0.1) is 5.82 Å². The molecule has 2 aromatic rings. The monoisotopic (exact) mass is 342 g/mol. The standard InChI is InChI=1S/C15H13BrClFO/c1-19-15-5-3-2-4-10(15)8-13(16)12-9-11(17)6-7-14(12)18/h2-7,9,13H,8H2,1H3. The van der Waals surface area contributed by atoms with Crippen molar-refractivity contribution in [3.63, 3.8) is 0 Å². The van der Waals surface area contributed by atoms with E-state index in [0.29, 0.717) is 17.0 Å². The van der Waals surface area contributed by atoms with Crippen molar-refractivity contribution in [2.45, 2.75) is 11.2 Å². The third-order valence-electron chi connectivity index (χ3n) is 2.89. The highest BCUT2D eigenvalue weighted by Gasteiger charge is 2.15. The smallest absolute Gasteiger partial charge is 0.127 e. The van der Waals surface area contributed by atoms with Gasteiger partial charge in [0.05, 0.1) is 7.11 Å². The molecule has 0 fully saturated rings. The summed E-state index contributed by atoms with van der Waals surface area (Å²) in [5, 5.41) is 0.529. The molecule has 0 spiro atoms. The molecule has 100 valence electrons. The molecule has 0 aromatic heterocycles. The molecule has 0 aliphatic heterocycles. The maximum atomic E-state index is 13.8.